The molecule has 1 spiro atoms. The first-order valence-corrected chi connectivity index (χ1v) is 11.2. The molecule has 0 N–H and O–H groups in total. The lowest BCUT2D eigenvalue weighted by molar-refractivity contribution is 0.0529. The molecule has 1 aliphatic carbocycles. The van der Waals surface area contributed by atoms with Gasteiger partial charge in [0, 0.05) is 19.1 Å². The molecule has 0 unspecified atom stereocenters. The van der Waals surface area contributed by atoms with Gasteiger partial charge in [-0.15, -0.1) is 0 Å². The maximum atomic E-state index is 12.1. The van der Waals surface area contributed by atoms with Crippen molar-refractivity contribution in [3.63, 3.8) is 0 Å². The molecule has 1 saturated carbocycles. The largest absolute Gasteiger partial charge is 0.450 e. The Morgan fingerprint density at radius 2 is 1.76 bits per heavy atom. The molecule has 2 aliphatic heterocycles. The number of piperidine rings is 1. The highest BCUT2D eigenvalue weighted by Gasteiger charge is 2.45. The molecule has 1 amide bonds. The van der Waals surface area contributed by atoms with Gasteiger partial charge >= 0.3 is 6.09 Å². The maximum absolute atomic E-state index is 12.1. The molecular weight excluding hydrogens is 362 g/mol. The van der Waals surface area contributed by atoms with Crippen LogP contribution in [0.5, 0.6) is 0 Å². The molecule has 5 heteroatoms. The lowest BCUT2D eigenvalue weighted by Gasteiger charge is -2.45. The molecule has 0 atom stereocenters. The van der Waals surface area contributed by atoms with E-state index in [4.69, 9.17) is 4.74 Å². The van der Waals surface area contributed by atoms with Gasteiger partial charge in [0.15, 0.2) is 0 Å². The number of nitriles is 1. The van der Waals surface area contributed by atoms with E-state index in [0.717, 1.165) is 58.3 Å². The predicted octanol–water partition coefficient (Wildman–Crippen LogP) is 4.33. The van der Waals surface area contributed by atoms with E-state index in [1.54, 1.807) is 0 Å². The van der Waals surface area contributed by atoms with Crippen molar-refractivity contribution < 1.29 is 9.53 Å². The molecule has 0 aromatic heterocycles. The van der Waals surface area contributed by atoms with Crippen LogP contribution in [-0.4, -0.2) is 54.7 Å². The summed E-state index contributed by atoms with van der Waals surface area (Å²) in [4.78, 5) is 16.6. The summed E-state index contributed by atoms with van der Waals surface area (Å²) < 4.78 is 5.19. The van der Waals surface area contributed by atoms with Crippen LogP contribution in [0.4, 0.5) is 4.79 Å². The average molecular weight is 396 g/mol. The van der Waals surface area contributed by atoms with Gasteiger partial charge in [-0.2, -0.15) is 5.26 Å². The molecule has 0 radical (unpaired) electrons. The number of hydrogen-bond acceptors (Lipinski definition) is 4. The van der Waals surface area contributed by atoms with Gasteiger partial charge < -0.3 is 14.5 Å². The summed E-state index contributed by atoms with van der Waals surface area (Å²) in [5, 5.41) is 9.93. The van der Waals surface area contributed by atoms with Crippen LogP contribution in [0.15, 0.2) is 30.3 Å². The molecule has 1 aromatic rings. The summed E-state index contributed by atoms with van der Waals surface area (Å²) in [6, 6.07) is 13.6. The SMILES string of the molecule is CCOC(=O)N1CCC2(CCN(C3CCC(C#N)(c4ccccc4)CC3)CC2)C1. The smallest absolute Gasteiger partial charge is 0.409 e. The molecule has 1 aromatic carbocycles. The van der Waals surface area contributed by atoms with E-state index in [0.29, 0.717) is 18.1 Å². The fourth-order valence-corrected chi connectivity index (χ4v) is 5.76. The number of ether oxygens (including phenoxy) is 1. The minimum atomic E-state index is -0.305. The maximum Gasteiger partial charge on any atom is 0.409 e. The highest BCUT2D eigenvalue weighted by atomic mass is 16.6. The fourth-order valence-electron chi connectivity index (χ4n) is 5.76. The van der Waals surface area contributed by atoms with Crippen molar-refractivity contribution in [2.45, 2.75) is 63.3 Å². The zero-order valence-corrected chi connectivity index (χ0v) is 17.6. The summed E-state index contributed by atoms with van der Waals surface area (Å²) in [6.07, 6.45) is 7.41. The topological polar surface area (TPSA) is 56.6 Å². The minimum absolute atomic E-state index is 0.146. The van der Waals surface area contributed by atoms with E-state index in [1.807, 2.05) is 30.0 Å². The first-order chi connectivity index (χ1) is 14.1. The second-order valence-corrected chi connectivity index (χ2v) is 9.20. The Balaban J connectivity index is 1.31. The van der Waals surface area contributed by atoms with Gasteiger partial charge in [-0.05, 0) is 75.9 Å². The number of amides is 1. The summed E-state index contributed by atoms with van der Waals surface area (Å²) in [6.45, 7) is 6.24. The predicted molar refractivity (Wildman–Crippen MR) is 112 cm³/mol. The molecule has 5 nitrogen and oxygen atoms in total. The number of nitrogens with zero attached hydrogens (tertiary/aromatic N) is 3. The van der Waals surface area contributed by atoms with Crippen LogP contribution in [0, 0.1) is 16.7 Å². The molecule has 29 heavy (non-hydrogen) atoms. The van der Waals surface area contributed by atoms with Crippen LogP contribution in [0.1, 0.15) is 57.4 Å². The Morgan fingerprint density at radius 1 is 1.10 bits per heavy atom. The third-order valence-corrected chi connectivity index (χ3v) is 7.69. The molecule has 2 heterocycles. The third-order valence-electron chi connectivity index (χ3n) is 7.69. The molecule has 2 saturated heterocycles. The van der Waals surface area contributed by atoms with Gasteiger partial charge in [-0.25, -0.2) is 4.79 Å². The first kappa shape index (κ1) is 20.2. The normalized spacial score (nSPS) is 29.5. The van der Waals surface area contributed by atoms with Crippen molar-refractivity contribution >= 4 is 6.09 Å². The lowest BCUT2D eigenvalue weighted by Crippen LogP contribution is -2.48. The standard InChI is InChI=1S/C24H33N3O2/c1-2-29-22(28)27-17-14-23(19-27)12-15-26(16-13-23)21-8-10-24(18-25,11-9-21)20-6-4-3-5-7-20/h3-7,21H,2,8-17,19H2,1H3. The number of benzene rings is 1. The van der Waals surface area contributed by atoms with Crippen molar-refractivity contribution in [1.82, 2.24) is 9.80 Å². The van der Waals surface area contributed by atoms with Crippen LogP contribution in [0.3, 0.4) is 0 Å². The van der Waals surface area contributed by atoms with Crippen molar-refractivity contribution in [1.29, 1.82) is 5.26 Å². The Morgan fingerprint density at radius 3 is 2.38 bits per heavy atom. The summed E-state index contributed by atoms with van der Waals surface area (Å²) in [5.74, 6) is 0. The van der Waals surface area contributed by atoms with E-state index in [2.05, 4.69) is 23.1 Å². The number of carbonyl (C=O) groups excluding carboxylic acids is 1. The molecular formula is C24H33N3O2. The number of likely N-dealkylation sites (tertiary alicyclic amines) is 2. The van der Waals surface area contributed by atoms with Gasteiger partial charge in [-0.1, -0.05) is 30.3 Å². The molecule has 4 rings (SSSR count). The Bertz CT molecular complexity index is 741. The van der Waals surface area contributed by atoms with E-state index in [9.17, 15) is 10.1 Å². The van der Waals surface area contributed by atoms with Crippen molar-refractivity contribution in [3.05, 3.63) is 35.9 Å². The lowest BCUT2D eigenvalue weighted by atomic mass is 9.68. The molecule has 0 bridgehead atoms. The van der Waals surface area contributed by atoms with E-state index in [1.165, 1.54) is 18.4 Å². The summed E-state index contributed by atoms with van der Waals surface area (Å²) >= 11 is 0. The Hall–Kier alpha value is -2.06. The average Bonchev–Trinajstić information content (AvgIpc) is 3.19. The Labute approximate surface area is 174 Å². The zero-order valence-electron chi connectivity index (χ0n) is 17.6. The number of hydrogen-bond donors (Lipinski definition) is 0. The highest BCUT2D eigenvalue weighted by Crippen LogP contribution is 2.44. The molecule has 3 aliphatic rings. The van der Waals surface area contributed by atoms with E-state index >= 15 is 0 Å². The van der Waals surface area contributed by atoms with Crippen LogP contribution >= 0.6 is 0 Å². The quantitative estimate of drug-likeness (QED) is 0.764. The van der Waals surface area contributed by atoms with Crippen LogP contribution in [0.25, 0.3) is 0 Å². The second kappa shape index (κ2) is 8.36. The van der Waals surface area contributed by atoms with Crippen molar-refractivity contribution in [2.75, 3.05) is 32.8 Å². The number of rotatable bonds is 3. The Kier molecular flexibility index (Phi) is 5.83. The zero-order chi connectivity index (χ0) is 20.3. The van der Waals surface area contributed by atoms with Crippen LogP contribution in [-0.2, 0) is 10.2 Å². The van der Waals surface area contributed by atoms with Gasteiger partial charge in [0.1, 0.15) is 0 Å². The van der Waals surface area contributed by atoms with Crippen LogP contribution < -0.4 is 0 Å². The van der Waals surface area contributed by atoms with Gasteiger partial charge in [-0.3, -0.25) is 0 Å². The minimum Gasteiger partial charge on any atom is -0.450 e. The van der Waals surface area contributed by atoms with Gasteiger partial charge in [0.2, 0.25) is 0 Å². The van der Waals surface area contributed by atoms with Crippen LogP contribution in [0.2, 0.25) is 0 Å². The van der Waals surface area contributed by atoms with E-state index < -0.39 is 0 Å². The summed E-state index contributed by atoms with van der Waals surface area (Å²) in [5.41, 5.74) is 1.17. The van der Waals surface area contributed by atoms with Gasteiger partial charge in [0.05, 0.1) is 18.1 Å². The van der Waals surface area contributed by atoms with Gasteiger partial charge in [0.25, 0.3) is 0 Å². The number of carbonyl (C=O) groups is 1. The molecule has 156 valence electrons. The van der Waals surface area contributed by atoms with Crippen molar-refractivity contribution in [2.24, 2.45) is 5.41 Å². The molecule has 3 fully saturated rings. The highest BCUT2D eigenvalue weighted by molar-refractivity contribution is 5.68. The monoisotopic (exact) mass is 395 g/mol. The first-order valence-electron chi connectivity index (χ1n) is 11.2. The second-order valence-electron chi connectivity index (χ2n) is 9.20. The summed E-state index contributed by atoms with van der Waals surface area (Å²) in [7, 11) is 0. The van der Waals surface area contributed by atoms with Crippen molar-refractivity contribution in [3.8, 4) is 6.07 Å². The fraction of sp³-hybridized carbons (Fsp3) is 0.667. The third kappa shape index (κ3) is 4.00. The van der Waals surface area contributed by atoms with E-state index in [-0.39, 0.29) is 11.5 Å².